The van der Waals surface area contributed by atoms with Gasteiger partial charge in [-0.3, -0.25) is 4.79 Å². The highest BCUT2D eigenvalue weighted by Gasteiger charge is 2.10. The molecular formula is C15H16N2O3. The first-order chi connectivity index (χ1) is 9.51. The predicted molar refractivity (Wildman–Crippen MR) is 78.2 cm³/mol. The normalized spacial score (nSPS) is 10.1. The van der Waals surface area contributed by atoms with Crippen molar-refractivity contribution in [2.24, 2.45) is 0 Å². The van der Waals surface area contributed by atoms with E-state index in [2.05, 4.69) is 5.32 Å². The van der Waals surface area contributed by atoms with Crippen LogP contribution in [0.4, 0.5) is 11.4 Å². The summed E-state index contributed by atoms with van der Waals surface area (Å²) < 4.78 is 5.05. The number of nitrogens with two attached hydrogens (primary N) is 1. The van der Waals surface area contributed by atoms with Crippen molar-refractivity contribution in [2.45, 2.75) is 6.92 Å². The SMILES string of the molecule is COc1ccc(O)c(NC(=O)c2ccc(N)c(C)c2)c1. The van der Waals surface area contributed by atoms with Crippen molar-refractivity contribution in [3.63, 3.8) is 0 Å². The Kier molecular flexibility index (Phi) is 3.79. The van der Waals surface area contributed by atoms with Crippen molar-refractivity contribution >= 4 is 17.3 Å². The zero-order valence-corrected chi connectivity index (χ0v) is 11.3. The molecular weight excluding hydrogens is 256 g/mol. The van der Waals surface area contributed by atoms with Gasteiger partial charge in [0.25, 0.3) is 5.91 Å². The standard InChI is InChI=1S/C15H16N2O3/c1-9-7-10(3-5-12(9)16)15(19)17-13-8-11(20-2)4-6-14(13)18/h3-8,18H,16H2,1-2H3,(H,17,19). The molecule has 2 rings (SSSR count). The highest BCUT2D eigenvalue weighted by atomic mass is 16.5. The molecule has 0 aliphatic heterocycles. The van der Waals surface area contributed by atoms with Gasteiger partial charge in [-0.25, -0.2) is 0 Å². The summed E-state index contributed by atoms with van der Waals surface area (Å²) in [7, 11) is 1.52. The van der Waals surface area contributed by atoms with E-state index in [9.17, 15) is 9.90 Å². The van der Waals surface area contributed by atoms with Crippen molar-refractivity contribution in [1.29, 1.82) is 0 Å². The number of rotatable bonds is 3. The molecule has 0 saturated carbocycles. The van der Waals surface area contributed by atoms with Crippen LogP contribution in [0.2, 0.25) is 0 Å². The van der Waals surface area contributed by atoms with Gasteiger partial charge in [0.15, 0.2) is 0 Å². The molecule has 5 heteroatoms. The van der Waals surface area contributed by atoms with Crippen molar-refractivity contribution in [2.75, 3.05) is 18.2 Å². The molecule has 0 radical (unpaired) electrons. The first-order valence-corrected chi connectivity index (χ1v) is 6.05. The van der Waals surface area contributed by atoms with Crippen LogP contribution >= 0.6 is 0 Å². The third-order valence-electron chi connectivity index (χ3n) is 2.98. The molecule has 0 aliphatic rings. The number of aryl methyl sites for hydroxylation is 1. The third-order valence-corrected chi connectivity index (χ3v) is 2.98. The number of phenolic OH excluding ortho intramolecular Hbond substituents is 1. The maximum absolute atomic E-state index is 12.1. The van der Waals surface area contributed by atoms with Crippen LogP contribution in [0, 0.1) is 6.92 Å². The van der Waals surface area contributed by atoms with Gasteiger partial charge in [-0.2, -0.15) is 0 Å². The van der Waals surface area contributed by atoms with Crippen molar-refractivity contribution in [1.82, 2.24) is 0 Å². The number of ether oxygens (including phenoxy) is 1. The molecule has 20 heavy (non-hydrogen) atoms. The molecule has 0 saturated heterocycles. The maximum Gasteiger partial charge on any atom is 0.255 e. The number of methoxy groups -OCH3 is 1. The number of phenols is 1. The van der Waals surface area contributed by atoms with Crippen LogP contribution < -0.4 is 15.8 Å². The average molecular weight is 272 g/mol. The monoisotopic (exact) mass is 272 g/mol. The number of benzene rings is 2. The predicted octanol–water partition coefficient (Wildman–Crippen LogP) is 2.54. The number of anilines is 2. The molecule has 0 aromatic heterocycles. The Morgan fingerprint density at radius 3 is 2.65 bits per heavy atom. The molecule has 5 nitrogen and oxygen atoms in total. The molecule has 1 amide bonds. The summed E-state index contributed by atoms with van der Waals surface area (Å²) in [5.74, 6) is 0.203. The van der Waals surface area contributed by atoms with Gasteiger partial charge in [-0.15, -0.1) is 0 Å². The van der Waals surface area contributed by atoms with Crippen LogP contribution in [-0.2, 0) is 0 Å². The Morgan fingerprint density at radius 1 is 1.25 bits per heavy atom. The van der Waals surface area contributed by atoms with E-state index in [0.717, 1.165) is 5.56 Å². The van der Waals surface area contributed by atoms with Gasteiger partial charge < -0.3 is 20.9 Å². The minimum atomic E-state index is -0.323. The molecule has 0 heterocycles. The zero-order valence-electron chi connectivity index (χ0n) is 11.3. The van der Waals surface area contributed by atoms with Crippen LogP contribution in [0.15, 0.2) is 36.4 Å². The van der Waals surface area contributed by atoms with E-state index in [1.807, 2.05) is 6.92 Å². The van der Waals surface area contributed by atoms with E-state index in [-0.39, 0.29) is 11.7 Å². The minimum Gasteiger partial charge on any atom is -0.506 e. The molecule has 2 aromatic carbocycles. The molecule has 0 aliphatic carbocycles. The minimum absolute atomic E-state index is 0.0219. The summed E-state index contributed by atoms with van der Waals surface area (Å²) in [5, 5.41) is 12.4. The first-order valence-electron chi connectivity index (χ1n) is 6.05. The molecule has 104 valence electrons. The van der Waals surface area contributed by atoms with Crippen molar-refractivity contribution < 1.29 is 14.6 Å². The van der Waals surface area contributed by atoms with E-state index in [4.69, 9.17) is 10.5 Å². The van der Waals surface area contributed by atoms with Gasteiger partial charge in [0.1, 0.15) is 11.5 Å². The zero-order chi connectivity index (χ0) is 14.7. The van der Waals surface area contributed by atoms with E-state index < -0.39 is 0 Å². The summed E-state index contributed by atoms with van der Waals surface area (Å²) in [6.07, 6.45) is 0. The average Bonchev–Trinajstić information content (AvgIpc) is 2.44. The van der Waals surface area contributed by atoms with Crippen LogP contribution in [0.3, 0.4) is 0 Å². The summed E-state index contributed by atoms with van der Waals surface area (Å²) in [6.45, 7) is 1.83. The van der Waals surface area contributed by atoms with Crippen LogP contribution in [0.1, 0.15) is 15.9 Å². The second-order valence-electron chi connectivity index (χ2n) is 4.41. The van der Waals surface area contributed by atoms with Gasteiger partial charge >= 0.3 is 0 Å². The smallest absolute Gasteiger partial charge is 0.255 e. The Bertz CT molecular complexity index is 654. The summed E-state index contributed by atoms with van der Waals surface area (Å²) in [6, 6.07) is 9.63. The van der Waals surface area contributed by atoms with E-state index in [0.29, 0.717) is 22.7 Å². The third kappa shape index (κ3) is 2.83. The van der Waals surface area contributed by atoms with E-state index in [1.165, 1.54) is 13.2 Å². The fourth-order valence-corrected chi connectivity index (χ4v) is 1.75. The molecule has 0 bridgehead atoms. The lowest BCUT2D eigenvalue weighted by Gasteiger charge is -2.10. The molecule has 0 unspecified atom stereocenters. The number of aromatic hydroxyl groups is 1. The lowest BCUT2D eigenvalue weighted by molar-refractivity contribution is 0.102. The summed E-state index contributed by atoms with van der Waals surface area (Å²) in [5.41, 5.74) is 7.94. The maximum atomic E-state index is 12.1. The number of nitrogen functional groups attached to an aromatic ring is 1. The van der Waals surface area contributed by atoms with E-state index in [1.54, 1.807) is 30.3 Å². The number of hydrogen-bond donors (Lipinski definition) is 3. The first kappa shape index (κ1) is 13.7. The lowest BCUT2D eigenvalue weighted by atomic mass is 10.1. The molecule has 0 spiro atoms. The Morgan fingerprint density at radius 2 is 2.00 bits per heavy atom. The fourth-order valence-electron chi connectivity index (χ4n) is 1.75. The summed E-state index contributed by atoms with van der Waals surface area (Å²) >= 11 is 0. The topological polar surface area (TPSA) is 84.6 Å². The Labute approximate surface area is 117 Å². The van der Waals surface area contributed by atoms with Crippen molar-refractivity contribution in [3.8, 4) is 11.5 Å². The quantitative estimate of drug-likeness (QED) is 0.592. The number of carbonyl (C=O) groups excluding carboxylic acids is 1. The molecule has 0 atom stereocenters. The van der Waals surface area contributed by atoms with Crippen LogP contribution in [0.5, 0.6) is 11.5 Å². The lowest BCUT2D eigenvalue weighted by Crippen LogP contribution is -2.12. The number of hydrogen-bond acceptors (Lipinski definition) is 4. The van der Waals surface area contributed by atoms with Gasteiger partial charge in [0, 0.05) is 17.3 Å². The van der Waals surface area contributed by atoms with Gasteiger partial charge in [-0.1, -0.05) is 0 Å². The van der Waals surface area contributed by atoms with Gasteiger partial charge in [0.2, 0.25) is 0 Å². The molecule has 0 fully saturated rings. The Balaban J connectivity index is 2.25. The van der Waals surface area contributed by atoms with Crippen molar-refractivity contribution in [3.05, 3.63) is 47.5 Å². The summed E-state index contributed by atoms with van der Waals surface area (Å²) in [4.78, 5) is 12.1. The highest BCUT2D eigenvalue weighted by Crippen LogP contribution is 2.28. The van der Waals surface area contributed by atoms with E-state index >= 15 is 0 Å². The van der Waals surface area contributed by atoms with Gasteiger partial charge in [-0.05, 0) is 42.8 Å². The largest absolute Gasteiger partial charge is 0.506 e. The molecule has 2 aromatic rings. The van der Waals surface area contributed by atoms with Gasteiger partial charge in [0.05, 0.1) is 12.8 Å². The number of nitrogens with one attached hydrogen (secondary N) is 1. The number of carbonyl (C=O) groups is 1. The highest BCUT2D eigenvalue weighted by molar-refractivity contribution is 6.05. The second kappa shape index (κ2) is 5.52. The Hall–Kier alpha value is -2.69. The van der Waals surface area contributed by atoms with Crippen LogP contribution in [0.25, 0.3) is 0 Å². The second-order valence-corrected chi connectivity index (χ2v) is 4.41. The van der Waals surface area contributed by atoms with Crippen LogP contribution in [-0.4, -0.2) is 18.1 Å². The fraction of sp³-hybridized carbons (Fsp3) is 0.133. The number of amides is 1. The molecule has 4 N–H and O–H groups in total.